The van der Waals surface area contributed by atoms with Crippen LogP contribution in [0.1, 0.15) is 13.3 Å². The van der Waals surface area contributed by atoms with Crippen molar-refractivity contribution in [2.24, 2.45) is 0 Å². The van der Waals surface area contributed by atoms with Crippen LogP contribution >= 0.6 is 0 Å². The summed E-state index contributed by atoms with van der Waals surface area (Å²) in [6.45, 7) is 1.89. The van der Waals surface area contributed by atoms with Crippen LogP contribution in [0.15, 0.2) is 0 Å². The van der Waals surface area contributed by atoms with Crippen LogP contribution in [0, 0.1) is 0 Å². The maximum absolute atomic E-state index is 9.51. The summed E-state index contributed by atoms with van der Waals surface area (Å²) in [5, 5.41) is 18.8. The Bertz CT molecular complexity index is 151. The fourth-order valence-electron chi connectivity index (χ4n) is 1.56. The lowest BCUT2D eigenvalue weighted by atomic mass is 9.99. The molecule has 4 heteroatoms. The van der Waals surface area contributed by atoms with Crippen molar-refractivity contribution in [3.05, 3.63) is 0 Å². The Balaban J connectivity index is 2.60. The van der Waals surface area contributed by atoms with Gasteiger partial charge in [-0.1, -0.05) is 0 Å². The van der Waals surface area contributed by atoms with Gasteiger partial charge in [0.2, 0.25) is 0 Å². The molecule has 1 aliphatic rings. The fourth-order valence-corrected chi connectivity index (χ4v) is 1.56. The van der Waals surface area contributed by atoms with E-state index in [-0.39, 0.29) is 12.1 Å². The number of nitrogens with zero attached hydrogens (tertiary/aromatic N) is 1. The molecule has 4 atom stereocenters. The van der Waals surface area contributed by atoms with Crippen LogP contribution in [0.25, 0.3) is 0 Å². The largest absolute Gasteiger partial charge is 0.386 e. The predicted octanol–water partition coefficient (Wildman–Crippen LogP) is -0.595. The minimum absolute atomic E-state index is 0.01000. The molecule has 4 nitrogen and oxygen atoms in total. The number of aliphatic hydroxyl groups excluding tert-OH is 2. The molecule has 0 bridgehead atoms. The second-order valence-corrected chi connectivity index (χ2v) is 3.59. The molecule has 72 valence electrons. The average Bonchev–Trinajstić information content (AvgIpc) is 1.96. The second-order valence-electron chi connectivity index (χ2n) is 3.59. The van der Waals surface area contributed by atoms with Crippen LogP contribution in [0.3, 0.4) is 0 Å². The Labute approximate surface area is 72.7 Å². The quantitative estimate of drug-likeness (QED) is 0.559. The summed E-state index contributed by atoms with van der Waals surface area (Å²) < 4.78 is 5.06. The van der Waals surface area contributed by atoms with E-state index in [1.807, 2.05) is 25.9 Å². The molecule has 0 aromatic heterocycles. The van der Waals surface area contributed by atoms with Gasteiger partial charge in [-0.3, -0.25) is 0 Å². The SMILES string of the molecule is C[C@@H]1CC(N(C)C)[C@@H](O)[C@H](O)O1. The van der Waals surface area contributed by atoms with Gasteiger partial charge in [-0.05, 0) is 27.4 Å². The summed E-state index contributed by atoms with van der Waals surface area (Å²) >= 11 is 0. The van der Waals surface area contributed by atoms with Gasteiger partial charge in [0.15, 0.2) is 6.29 Å². The summed E-state index contributed by atoms with van der Waals surface area (Å²) in [6.07, 6.45) is -1.07. The first-order chi connectivity index (χ1) is 5.52. The van der Waals surface area contributed by atoms with E-state index >= 15 is 0 Å². The van der Waals surface area contributed by atoms with Crippen LogP contribution in [0.2, 0.25) is 0 Å². The van der Waals surface area contributed by atoms with Crippen molar-refractivity contribution in [1.29, 1.82) is 0 Å². The second kappa shape index (κ2) is 3.70. The molecule has 1 heterocycles. The molecule has 0 amide bonds. The number of ether oxygens (including phenoxy) is 1. The molecular weight excluding hydrogens is 158 g/mol. The predicted molar refractivity (Wildman–Crippen MR) is 44.7 cm³/mol. The maximum atomic E-state index is 9.51. The van der Waals surface area contributed by atoms with E-state index in [1.54, 1.807) is 0 Å². The average molecular weight is 175 g/mol. The van der Waals surface area contributed by atoms with E-state index in [0.717, 1.165) is 6.42 Å². The Morgan fingerprint density at radius 1 is 1.33 bits per heavy atom. The smallest absolute Gasteiger partial charge is 0.182 e. The van der Waals surface area contributed by atoms with Crippen LogP contribution in [-0.4, -0.2) is 53.7 Å². The molecule has 1 saturated heterocycles. The van der Waals surface area contributed by atoms with E-state index in [1.165, 1.54) is 0 Å². The summed E-state index contributed by atoms with van der Waals surface area (Å²) in [6, 6.07) is -0.0104. The fraction of sp³-hybridized carbons (Fsp3) is 1.00. The number of hydrogen-bond donors (Lipinski definition) is 2. The number of aliphatic hydroxyl groups is 2. The standard InChI is InChI=1S/C8H17NO3/c1-5-4-6(9(2)3)7(10)8(11)12-5/h5-8,10-11H,4H2,1-3H3/t5-,6?,7-,8-/m1/s1. The zero-order chi connectivity index (χ0) is 9.30. The Kier molecular flexibility index (Phi) is 3.06. The van der Waals surface area contributed by atoms with Crippen LogP contribution < -0.4 is 0 Å². The maximum Gasteiger partial charge on any atom is 0.182 e. The summed E-state index contributed by atoms with van der Waals surface area (Å²) in [4.78, 5) is 1.91. The van der Waals surface area contributed by atoms with E-state index in [2.05, 4.69) is 0 Å². The molecule has 0 aromatic rings. The van der Waals surface area contributed by atoms with E-state index in [4.69, 9.17) is 4.74 Å². The van der Waals surface area contributed by atoms with E-state index < -0.39 is 12.4 Å². The molecule has 0 aromatic carbocycles. The van der Waals surface area contributed by atoms with Crippen molar-refractivity contribution in [3.63, 3.8) is 0 Å². The van der Waals surface area contributed by atoms with Crippen LogP contribution in [-0.2, 0) is 4.74 Å². The van der Waals surface area contributed by atoms with Crippen molar-refractivity contribution in [3.8, 4) is 0 Å². The normalized spacial score (nSPS) is 43.5. The molecule has 1 aliphatic heterocycles. The highest BCUT2D eigenvalue weighted by Crippen LogP contribution is 2.21. The third-order valence-corrected chi connectivity index (χ3v) is 2.29. The van der Waals surface area contributed by atoms with Gasteiger partial charge in [-0.25, -0.2) is 0 Å². The van der Waals surface area contributed by atoms with Gasteiger partial charge < -0.3 is 19.8 Å². The minimum atomic E-state index is -1.04. The molecule has 12 heavy (non-hydrogen) atoms. The highest BCUT2D eigenvalue weighted by molar-refractivity contribution is 4.84. The molecule has 1 rings (SSSR count). The van der Waals surface area contributed by atoms with Gasteiger partial charge in [0, 0.05) is 6.04 Å². The highest BCUT2D eigenvalue weighted by Gasteiger charge is 2.35. The van der Waals surface area contributed by atoms with Gasteiger partial charge in [-0.15, -0.1) is 0 Å². The van der Waals surface area contributed by atoms with Crippen molar-refractivity contribution in [2.45, 2.75) is 37.9 Å². The highest BCUT2D eigenvalue weighted by atomic mass is 16.6. The first-order valence-corrected chi connectivity index (χ1v) is 4.20. The topological polar surface area (TPSA) is 52.9 Å². The third kappa shape index (κ3) is 1.95. The minimum Gasteiger partial charge on any atom is -0.386 e. The molecule has 0 saturated carbocycles. The van der Waals surface area contributed by atoms with Crippen molar-refractivity contribution in [2.75, 3.05) is 14.1 Å². The monoisotopic (exact) mass is 175 g/mol. The van der Waals surface area contributed by atoms with Crippen molar-refractivity contribution in [1.82, 2.24) is 4.90 Å². The molecular formula is C8H17NO3. The van der Waals surface area contributed by atoms with Gasteiger partial charge >= 0.3 is 0 Å². The van der Waals surface area contributed by atoms with Crippen LogP contribution in [0.4, 0.5) is 0 Å². The molecule has 0 aliphatic carbocycles. The van der Waals surface area contributed by atoms with Gasteiger partial charge in [0.1, 0.15) is 6.10 Å². The summed E-state index contributed by atoms with van der Waals surface area (Å²) in [5.74, 6) is 0. The lowest BCUT2D eigenvalue weighted by Crippen LogP contribution is -2.53. The van der Waals surface area contributed by atoms with Gasteiger partial charge in [0.05, 0.1) is 6.10 Å². The number of rotatable bonds is 1. The zero-order valence-corrected chi connectivity index (χ0v) is 7.77. The molecule has 1 unspecified atom stereocenters. The zero-order valence-electron chi connectivity index (χ0n) is 7.77. The first-order valence-electron chi connectivity index (χ1n) is 4.20. The Morgan fingerprint density at radius 3 is 2.42 bits per heavy atom. The number of hydrogen-bond acceptors (Lipinski definition) is 4. The Morgan fingerprint density at radius 2 is 1.92 bits per heavy atom. The van der Waals surface area contributed by atoms with Crippen molar-refractivity contribution < 1.29 is 14.9 Å². The van der Waals surface area contributed by atoms with Gasteiger partial charge in [0.25, 0.3) is 0 Å². The van der Waals surface area contributed by atoms with Crippen molar-refractivity contribution >= 4 is 0 Å². The van der Waals surface area contributed by atoms with E-state index in [0.29, 0.717) is 0 Å². The lowest BCUT2D eigenvalue weighted by Gasteiger charge is -2.38. The molecule has 0 radical (unpaired) electrons. The van der Waals surface area contributed by atoms with Crippen LogP contribution in [0.5, 0.6) is 0 Å². The molecule has 0 spiro atoms. The lowest BCUT2D eigenvalue weighted by molar-refractivity contribution is -0.230. The Hall–Kier alpha value is -0.160. The number of likely N-dealkylation sites (N-methyl/N-ethyl adjacent to an activating group) is 1. The molecule has 2 N–H and O–H groups in total. The third-order valence-electron chi connectivity index (χ3n) is 2.29. The summed E-state index contributed by atoms with van der Waals surface area (Å²) in [5.41, 5.74) is 0. The van der Waals surface area contributed by atoms with Gasteiger partial charge in [-0.2, -0.15) is 0 Å². The van der Waals surface area contributed by atoms with E-state index in [9.17, 15) is 10.2 Å². The molecule has 1 fully saturated rings. The first kappa shape index (κ1) is 9.92. The summed E-state index contributed by atoms with van der Waals surface area (Å²) in [7, 11) is 3.78.